The highest BCUT2D eigenvalue weighted by Gasteiger charge is 2.29. The molecule has 0 aliphatic heterocycles. The fourth-order valence-electron chi connectivity index (χ4n) is 1.70. The normalized spacial score (nSPS) is 16.3. The number of carbonyl (C=O) groups is 2. The van der Waals surface area contributed by atoms with Crippen molar-refractivity contribution in [3.05, 3.63) is 22.4 Å². The Balaban J connectivity index is 2.15. The molecule has 2 rings (SSSR count). The molecule has 1 aliphatic rings. The fraction of sp³-hybridized carbons (Fsp3) is 0.455. The fourth-order valence-corrected chi connectivity index (χ4v) is 2.14. The van der Waals surface area contributed by atoms with Gasteiger partial charge in [0.25, 0.3) is 5.91 Å². The molecule has 1 unspecified atom stereocenters. The smallest absolute Gasteiger partial charge is 0.328 e. The molecule has 0 aromatic carbocycles. The minimum absolute atomic E-state index is 0.314. The number of hydrogen-bond donors (Lipinski definition) is 3. The van der Waals surface area contributed by atoms with Crippen molar-refractivity contribution in [3.63, 3.8) is 0 Å². The summed E-state index contributed by atoms with van der Waals surface area (Å²) in [6, 6.07) is 0.678. The second-order valence-electron chi connectivity index (χ2n) is 4.23. The third kappa shape index (κ3) is 2.73. The van der Waals surface area contributed by atoms with Crippen molar-refractivity contribution in [1.82, 2.24) is 9.88 Å². The van der Waals surface area contributed by atoms with Crippen molar-refractivity contribution in [1.29, 1.82) is 0 Å². The van der Waals surface area contributed by atoms with Crippen LogP contribution >= 0.6 is 15.9 Å². The van der Waals surface area contributed by atoms with Crippen LogP contribution in [0.2, 0.25) is 0 Å². The number of amides is 1. The van der Waals surface area contributed by atoms with Gasteiger partial charge in [-0.15, -0.1) is 0 Å². The molecule has 1 aromatic heterocycles. The highest BCUT2D eigenvalue weighted by molar-refractivity contribution is 9.10. The molecule has 1 aliphatic carbocycles. The highest BCUT2D eigenvalue weighted by atomic mass is 79.9. The molecule has 0 spiro atoms. The van der Waals surface area contributed by atoms with E-state index in [0.29, 0.717) is 11.7 Å². The summed E-state index contributed by atoms with van der Waals surface area (Å²) in [6.07, 6.45) is 3.84. The minimum Gasteiger partial charge on any atom is -0.480 e. The number of aliphatic carboxylic acids is 1. The minimum atomic E-state index is -1.28. The van der Waals surface area contributed by atoms with Gasteiger partial charge in [0.15, 0.2) is 6.04 Å². The maximum absolute atomic E-state index is 12.0. The average molecular weight is 317 g/mol. The van der Waals surface area contributed by atoms with E-state index >= 15 is 0 Å². The van der Waals surface area contributed by atoms with Crippen LogP contribution < -0.4 is 5.32 Å². The van der Waals surface area contributed by atoms with Gasteiger partial charge >= 0.3 is 5.97 Å². The van der Waals surface area contributed by atoms with E-state index in [-0.39, 0.29) is 0 Å². The number of aliphatic hydroxyl groups excluding tert-OH is 1. The van der Waals surface area contributed by atoms with Crippen molar-refractivity contribution in [2.75, 3.05) is 6.61 Å². The van der Waals surface area contributed by atoms with Crippen LogP contribution in [0.1, 0.15) is 29.4 Å². The number of hydrogen-bond acceptors (Lipinski definition) is 3. The Bertz CT molecular complexity index is 481. The Labute approximate surface area is 112 Å². The predicted molar refractivity (Wildman–Crippen MR) is 66.4 cm³/mol. The first kappa shape index (κ1) is 13.1. The van der Waals surface area contributed by atoms with Crippen LogP contribution in [0.25, 0.3) is 0 Å². The summed E-state index contributed by atoms with van der Waals surface area (Å²) in [7, 11) is 0. The lowest BCUT2D eigenvalue weighted by Crippen LogP contribution is -2.43. The number of carboxylic acid groups (broad SMARTS) is 1. The average Bonchev–Trinajstić information content (AvgIpc) is 3.08. The topological polar surface area (TPSA) is 91.6 Å². The van der Waals surface area contributed by atoms with E-state index in [9.17, 15) is 9.59 Å². The SMILES string of the molecule is O=C(NC(CO)C(=O)O)c1cc(Br)cn1C1CC1. The Morgan fingerprint density at radius 2 is 2.22 bits per heavy atom. The van der Waals surface area contributed by atoms with E-state index in [0.717, 1.165) is 17.3 Å². The molecule has 7 heteroatoms. The monoisotopic (exact) mass is 316 g/mol. The summed E-state index contributed by atoms with van der Waals surface area (Å²) >= 11 is 3.29. The van der Waals surface area contributed by atoms with Gasteiger partial charge in [-0.2, -0.15) is 0 Å². The molecule has 3 N–H and O–H groups in total. The van der Waals surface area contributed by atoms with Gasteiger partial charge in [-0.3, -0.25) is 4.79 Å². The maximum Gasteiger partial charge on any atom is 0.328 e. The summed E-state index contributed by atoms with van der Waals surface area (Å²) in [6.45, 7) is -0.633. The molecule has 1 fully saturated rings. The molecule has 0 radical (unpaired) electrons. The van der Waals surface area contributed by atoms with Crippen molar-refractivity contribution in [3.8, 4) is 0 Å². The van der Waals surface area contributed by atoms with Gasteiger partial charge in [0.1, 0.15) is 5.69 Å². The Morgan fingerprint density at radius 1 is 1.56 bits per heavy atom. The van der Waals surface area contributed by atoms with E-state index in [1.54, 1.807) is 12.3 Å². The first-order valence-corrected chi connectivity index (χ1v) is 6.34. The molecular weight excluding hydrogens is 304 g/mol. The van der Waals surface area contributed by atoms with Gasteiger partial charge in [0.05, 0.1) is 6.61 Å². The van der Waals surface area contributed by atoms with Crippen LogP contribution in [0.3, 0.4) is 0 Å². The Kier molecular flexibility index (Phi) is 3.72. The summed E-state index contributed by atoms with van der Waals surface area (Å²) in [5.74, 6) is -1.75. The van der Waals surface area contributed by atoms with Crippen LogP contribution in [0.5, 0.6) is 0 Å². The lowest BCUT2D eigenvalue weighted by molar-refractivity contribution is -0.140. The van der Waals surface area contributed by atoms with E-state index < -0.39 is 24.5 Å². The van der Waals surface area contributed by atoms with Crippen molar-refractivity contribution < 1.29 is 19.8 Å². The summed E-state index contributed by atoms with van der Waals surface area (Å²) < 4.78 is 2.60. The highest BCUT2D eigenvalue weighted by Crippen LogP contribution is 2.37. The zero-order chi connectivity index (χ0) is 13.3. The molecule has 1 saturated carbocycles. The number of halogens is 1. The first-order valence-electron chi connectivity index (χ1n) is 5.55. The predicted octanol–water partition coefficient (Wildman–Crippen LogP) is 0.761. The quantitative estimate of drug-likeness (QED) is 0.748. The molecule has 1 heterocycles. The van der Waals surface area contributed by atoms with Crippen LogP contribution in [0.15, 0.2) is 16.7 Å². The third-order valence-electron chi connectivity index (χ3n) is 2.77. The first-order chi connectivity index (χ1) is 8.52. The summed E-state index contributed by atoms with van der Waals surface area (Å²) in [5, 5.41) is 19.9. The number of carboxylic acids is 1. The zero-order valence-corrected chi connectivity index (χ0v) is 11.1. The van der Waals surface area contributed by atoms with Gasteiger partial charge in [-0.25, -0.2) is 4.79 Å². The molecular formula is C11H13BrN2O4. The number of nitrogens with zero attached hydrogens (tertiary/aromatic N) is 1. The Morgan fingerprint density at radius 3 is 2.72 bits per heavy atom. The van der Waals surface area contributed by atoms with Gasteiger partial charge in [0, 0.05) is 16.7 Å². The third-order valence-corrected chi connectivity index (χ3v) is 3.21. The largest absolute Gasteiger partial charge is 0.480 e. The maximum atomic E-state index is 12.0. The van der Waals surface area contributed by atoms with Crippen molar-refractivity contribution >= 4 is 27.8 Å². The molecule has 1 amide bonds. The summed E-state index contributed by atoms with van der Waals surface area (Å²) in [4.78, 5) is 22.7. The van der Waals surface area contributed by atoms with E-state index in [1.165, 1.54) is 0 Å². The number of aliphatic hydroxyl groups is 1. The standard InChI is InChI=1S/C11H13BrN2O4/c12-6-3-9(14(4-6)7-1-2-7)10(16)13-8(5-15)11(17)18/h3-4,7-8,15H,1-2,5H2,(H,13,16)(H,17,18). The Hall–Kier alpha value is -1.34. The molecule has 6 nitrogen and oxygen atoms in total. The number of rotatable bonds is 5. The number of aromatic nitrogens is 1. The van der Waals surface area contributed by atoms with Crippen LogP contribution in [0, 0.1) is 0 Å². The number of nitrogens with one attached hydrogen (secondary N) is 1. The van der Waals surface area contributed by atoms with Crippen LogP contribution in [0.4, 0.5) is 0 Å². The molecule has 0 saturated heterocycles. The second-order valence-corrected chi connectivity index (χ2v) is 5.14. The molecule has 1 atom stereocenters. The van der Waals surface area contributed by atoms with E-state index in [4.69, 9.17) is 10.2 Å². The number of carbonyl (C=O) groups excluding carboxylic acids is 1. The van der Waals surface area contributed by atoms with Crippen molar-refractivity contribution in [2.24, 2.45) is 0 Å². The van der Waals surface area contributed by atoms with Crippen molar-refractivity contribution in [2.45, 2.75) is 24.9 Å². The van der Waals surface area contributed by atoms with Gasteiger partial charge in [0.2, 0.25) is 0 Å². The lowest BCUT2D eigenvalue weighted by atomic mass is 10.3. The van der Waals surface area contributed by atoms with Crippen LogP contribution in [-0.2, 0) is 4.79 Å². The zero-order valence-electron chi connectivity index (χ0n) is 9.47. The molecule has 0 bridgehead atoms. The molecule has 98 valence electrons. The van der Waals surface area contributed by atoms with Gasteiger partial charge in [-0.05, 0) is 34.8 Å². The van der Waals surface area contributed by atoms with E-state index in [2.05, 4.69) is 21.2 Å². The van der Waals surface area contributed by atoms with E-state index in [1.807, 2.05) is 4.57 Å². The van der Waals surface area contributed by atoms with Crippen LogP contribution in [-0.4, -0.2) is 39.3 Å². The second kappa shape index (κ2) is 5.11. The lowest BCUT2D eigenvalue weighted by Gasteiger charge is -2.13. The van der Waals surface area contributed by atoms with Gasteiger partial charge < -0.3 is 20.1 Å². The molecule has 18 heavy (non-hydrogen) atoms. The summed E-state index contributed by atoms with van der Waals surface area (Å²) in [5.41, 5.74) is 0.407. The van der Waals surface area contributed by atoms with Gasteiger partial charge in [-0.1, -0.05) is 0 Å². The molecule has 1 aromatic rings.